The number of nitrogens with zero attached hydrogens (tertiary/aromatic N) is 2. The summed E-state index contributed by atoms with van der Waals surface area (Å²) in [6.45, 7) is 0.370. The predicted molar refractivity (Wildman–Crippen MR) is 115 cm³/mol. The predicted octanol–water partition coefficient (Wildman–Crippen LogP) is 1.06. The van der Waals surface area contributed by atoms with Gasteiger partial charge in [0.1, 0.15) is 12.1 Å². The molecule has 1 unspecified atom stereocenters. The molecule has 1 aromatic heterocycles. The van der Waals surface area contributed by atoms with Crippen molar-refractivity contribution in [3.8, 4) is 0 Å². The number of aromatic nitrogens is 2. The van der Waals surface area contributed by atoms with Crippen molar-refractivity contribution in [1.29, 1.82) is 0 Å². The molecule has 10 nitrogen and oxygen atoms in total. The third-order valence-corrected chi connectivity index (χ3v) is 5.73. The number of nitrogens with two attached hydrogens (primary N) is 1. The SMILES string of the molecule is NC(=O)C(CC(=O)O)NC(=O)[C@@H]1CCCN1C(=O)c1ncc(CCCC2=CC=CCC2)[nH]1. The average Bonchev–Trinajstić information content (AvgIpc) is 3.43. The summed E-state index contributed by atoms with van der Waals surface area (Å²) >= 11 is 0. The number of hydrogen-bond acceptors (Lipinski definition) is 5. The highest BCUT2D eigenvalue weighted by Gasteiger charge is 2.37. The number of likely N-dealkylation sites (tertiary alicyclic amines) is 1. The van der Waals surface area contributed by atoms with Crippen LogP contribution in [0.2, 0.25) is 0 Å². The number of H-pyrrole nitrogens is 1. The number of aryl methyl sites for hydroxylation is 1. The van der Waals surface area contributed by atoms with E-state index < -0.39 is 42.2 Å². The minimum atomic E-state index is -1.33. The number of amides is 3. The van der Waals surface area contributed by atoms with E-state index in [-0.39, 0.29) is 5.82 Å². The summed E-state index contributed by atoms with van der Waals surface area (Å²) < 4.78 is 0. The van der Waals surface area contributed by atoms with Gasteiger partial charge in [0.15, 0.2) is 5.82 Å². The maximum absolute atomic E-state index is 12.9. The van der Waals surface area contributed by atoms with Crippen molar-refractivity contribution >= 4 is 23.7 Å². The normalized spacial score (nSPS) is 18.8. The molecule has 2 aliphatic rings. The van der Waals surface area contributed by atoms with Gasteiger partial charge in [-0.25, -0.2) is 4.98 Å². The number of primary amides is 1. The molecule has 0 spiro atoms. The van der Waals surface area contributed by atoms with Gasteiger partial charge in [0, 0.05) is 18.4 Å². The molecule has 2 atom stereocenters. The molecule has 1 aromatic rings. The summed E-state index contributed by atoms with van der Waals surface area (Å²) in [7, 11) is 0. The van der Waals surface area contributed by atoms with E-state index in [2.05, 4.69) is 33.5 Å². The first kappa shape index (κ1) is 23.2. The largest absolute Gasteiger partial charge is 0.481 e. The van der Waals surface area contributed by atoms with E-state index in [1.807, 2.05) is 0 Å². The van der Waals surface area contributed by atoms with Crippen molar-refractivity contribution in [2.24, 2.45) is 5.73 Å². The lowest BCUT2D eigenvalue weighted by Gasteiger charge is -2.24. The fourth-order valence-corrected chi connectivity index (χ4v) is 4.05. The van der Waals surface area contributed by atoms with Crippen LogP contribution in [0.1, 0.15) is 61.3 Å². The van der Waals surface area contributed by atoms with Crippen LogP contribution in [0, 0.1) is 0 Å². The van der Waals surface area contributed by atoms with Crippen LogP contribution in [0.5, 0.6) is 0 Å². The summed E-state index contributed by atoms with van der Waals surface area (Å²) in [4.78, 5) is 56.6. The molecule has 10 heteroatoms. The fourth-order valence-electron chi connectivity index (χ4n) is 4.05. The number of allylic oxidation sites excluding steroid dienone is 4. The van der Waals surface area contributed by atoms with Crippen LogP contribution >= 0.6 is 0 Å². The van der Waals surface area contributed by atoms with Gasteiger partial charge in [-0.3, -0.25) is 19.2 Å². The second kappa shape index (κ2) is 10.7. The fraction of sp³-hybridized carbons (Fsp3) is 0.500. The summed E-state index contributed by atoms with van der Waals surface area (Å²) in [5.74, 6) is -3.03. The second-order valence-electron chi connectivity index (χ2n) is 8.12. The van der Waals surface area contributed by atoms with Gasteiger partial charge >= 0.3 is 5.97 Å². The lowest BCUT2D eigenvalue weighted by molar-refractivity contribution is -0.140. The number of rotatable bonds is 10. The van der Waals surface area contributed by atoms with Gasteiger partial charge in [0.05, 0.1) is 6.42 Å². The van der Waals surface area contributed by atoms with Gasteiger partial charge in [-0.05, 0) is 44.9 Å². The molecular weight excluding hydrogens is 414 g/mol. The van der Waals surface area contributed by atoms with Crippen molar-refractivity contribution in [2.75, 3.05) is 6.54 Å². The van der Waals surface area contributed by atoms with Crippen LogP contribution in [0.15, 0.2) is 30.0 Å². The molecule has 32 heavy (non-hydrogen) atoms. The Hall–Kier alpha value is -3.43. The highest BCUT2D eigenvalue weighted by atomic mass is 16.4. The van der Waals surface area contributed by atoms with E-state index in [9.17, 15) is 19.2 Å². The second-order valence-corrected chi connectivity index (χ2v) is 8.12. The van der Waals surface area contributed by atoms with E-state index in [1.165, 1.54) is 10.5 Å². The van der Waals surface area contributed by atoms with Crippen molar-refractivity contribution in [2.45, 2.75) is 63.5 Å². The number of imidazole rings is 1. The van der Waals surface area contributed by atoms with Crippen LogP contribution in [-0.4, -0.2) is 62.3 Å². The Bertz CT molecular complexity index is 935. The first-order chi connectivity index (χ1) is 15.3. The van der Waals surface area contributed by atoms with Gasteiger partial charge in [0.2, 0.25) is 11.8 Å². The number of aliphatic carboxylic acids is 1. The molecule has 2 heterocycles. The molecule has 5 N–H and O–H groups in total. The Labute approximate surface area is 185 Å². The Kier molecular flexibility index (Phi) is 7.80. The van der Waals surface area contributed by atoms with Crippen LogP contribution in [-0.2, 0) is 20.8 Å². The van der Waals surface area contributed by atoms with Crippen LogP contribution < -0.4 is 11.1 Å². The zero-order valence-corrected chi connectivity index (χ0v) is 17.9. The number of carboxylic acids is 1. The van der Waals surface area contributed by atoms with Gasteiger partial charge in [-0.15, -0.1) is 0 Å². The zero-order chi connectivity index (χ0) is 23.1. The van der Waals surface area contributed by atoms with Gasteiger partial charge < -0.3 is 26.0 Å². The van der Waals surface area contributed by atoms with Crippen molar-refractivity contribution < 1.29 is 24.3 Å². The molecule has 1 saturated heterocycles. The van der Waals surface area contributed by atoms with Gasteiger partial charge in [0.25, 0.3) is 5.91 Å². The van der Waals surface area contributed by atoms with E-state index in [0.717, 1.165) is 37.8 Å². The number of aromatic amines is 1. The van der Waals surface area contributed by atoms with E-state index >= 15 is 0 Å². The topological polar surface area (TPSA) is 158 Å². The molecule has 1 aliphatic heterocycles. The summed E-state index contributed by atoms with van der Waals surface area (Å²) in [5.41, 5.74) is 7.47. The van der Waals surface area contributed by atoms with Crippen LogP contribution in [0.4, 0.5) is 0 Å². The number of carbonyl (C=O) groups is 4. The van der Waals surface area contributed by atoms with Crippen molar-refractivity contribution in [3.63, 3.8) is 0 Å². The molecule has 0 aromatic carbocycles. The van der Waals surface area contributed by atoms with E-state index in [0.29, 0.717) is 19.4 Å². The molecule has 1 aliphatic carbocycles. The maximum atomic E-state index is 12.9. The highest BCUT2D eigenvalue weighted by Crippen LogP contribution is 2.21. The molecule has 0 saturated carbocycles. The van der Waals surface area contributed by atoms with Gasteiger partial charge in [-0.1, -0.05) is 23.8 Å². The summed E-state index contributed by atoms with van der Waals surface area (Å²) in [6, 6.07) is -2.14. The van der Waals surface area contributed by atoms with E-state index in [1.54, 1.807) is 6.20 Å². The smallest absolute Gasteiger partial charge is 0.305 e. The number of nitrogens with one attached hydrogen (secondary N) is 2. The van der Waals surface area contributed by atoms with Crippen molar-refractivity contribution in [3.05, 3.63) is 41.5 Å². The van der Waals surface area contributed by atoms with Gasteiger partial charge in [-0.2, -0.15) is 0 Å². The first-order valence-corrected chi connectivity index (χ1v) is 10.9. The average molecular weight is 444 g/mol. The molecule has 3 rings (SSSR count). The molecule has 172 valence electrons. The molecule has 1 fully saturated rings. The Morgan fingerprint density at radius 3 is 2.81 bits per heavy atom. The van der Waals surface area contributed by atoms with Crippen molar-refractivity contribution in [1.82, 2.24) is 20.2 Å². The minimum absolute atomic E-state index is 0.163. The number of carboxylic acid groups (broad SMARTS) is 1. The lowest BCUT2D eigenvalue weighted by Crippen LogP contribution is -2.52. The third kappa shape index (κ3) is 6.05. The molecular formula is C22H29N5O5. The summed E-state index contributed by atoms with van der Waals surface area (Å²) in [5, 5.41) is 11.3. The first-order valence-electron chi connectivity index (χ1n) is 10.9. The Morgan fingerprint density at radius 1 is 1.31 bits per heavy atom. The standard InChI is InChI=1S/C22H29N5O5/c23-19(30)16(12-18(28)29)26-21(31)17-10-5-11-27(17)22(32)20-24-13-15(25-20)9-4-8-14-6-2-1-3-7-14/h1-2,6,13,16-17H,3-5,7-12H2,(H2,23,30)(H,24,25)(H,26,31)(H,28,29)/t16?,17-/m0/s1. The number of carbonyl (C=O) groups excluding carboxylic acids is 3. The molecule has 0 bridgehead atoms. The molecule has 3 amide bonds. The summed E-state index contributed by atoms with van der Waals surface area (Å²) in [6.07, 6.45) is 13.3. The zero-order valence-electron chi connectivity index (χ0n) is 17.9. The highest BCUT2D eigenvalue weighted by molar-refractivity contribution is 5.97. The number of hydrogen-bond donors (Lipinski definition) is 4. The van der Waals surface area contributed by atoms with E-state index in [4.69, 9.17) is 10.8 Å². The Balaban J connectivity index is 1.57. The third-order valence-electron chi connectivity index (χ3n) is 5.73. The lowest BCUT2D eigenvalue weighted by atomic mass is 9.99. The molecule has 0 radical (unpaired) electrons. The maximum Gasteiger partial charge on any atom is 0.305 e. The monoisotopic (exact) mass is 443 g/mol. The Morgan fingerprint density at radius 2 is 2.12 bits per heavy atom. The van der Waals surface area contributed by atoms with Crippen LogP contribution in [0.25, 0.3) is 0 Å². The van der Waals surface area contributed by atoms with Crippen LogP contribution in [0.3, 0.4) is 0 Å². The minimum Gasteiger partial charge on any atom is -0.481 e. The quantitative estimate of drug-likeness (QED) is 0.423.